The second-order valence-electron chi connectivity index (χ2n) is 1.09. The van der Waals surface area contributed by atoms with Crippen LogP contribution in [0.3, 0.4) is 0 Å². The molecule has 0 saturated heterocycles. The van der Waals surface area contributed by atoms with Crippen LogP contribution in [0.15, 0.2) is 0 Å². The average Bonchev–Trinajstić information content (AvgIpc) is 1.83. The van der Waals surface area contributed by atoms with Crippen LogP contribution < -0.4 is 5.73 Å². The Hall–Kier alpha value is 0.330. The molecule has 0 aliphatic carbocycles. The number of nitrogens with two attached hydrogens (primary N) is 1. The first-order chi connectivity index (χ1) is 3.81. The number of hydrogen-bond donors (Lipinski definition) is 1. The molecule has 0 bridgehead atoms. The minimum Gasteiger partial charge on any atom is -0.330 e. The van der Waals surface area contributed by atoms with Crippen molar-refractivity contribution < 1.29 is 4.79 Å². The number of hydrogen-bond acceptors (Lipinski definition) is 4. The van der Waals surface area contributed by atoms with Gasteiger partial charge in [0.1, 0.15) is 0 Å². The summed E-state index contributed by atoms with van der Waals surface area (Å²) >= 11 is 2.51. The lowest BCUT2D eigenvalue weighted by Gasteiger charge is -1.90. The van der Waals surface area contributed by atoms with E-state index >= 15 is 0 Å². The minimum atomic E-state index is 0.149. The molecule has 0 aliphatic rings. The average molecular weight is 151 g/mol. The van der Waals surface area contributed by atoms with Gasteiger partial charge in [0.05, 0.1) is 0 Å². The highest BCUT2D eigenvalue weighted by molar-refractivity contribution is 8.38. The fraction of sp³-hybridized carbons (Fsp3) is 0.750. The van der Waals surface area contributed by atoms with Gasteiger partial charge in [-0.05, 0) is 6.26 Å². The van der Waals surface area contributed by atoms with E-state index in [1.807, 2.05) is 0 Å². The lowest BCUT2D eigenvalue weighted by molar-refractivity contribution is 0.276. The Balaban J connectivity index is 2.99. The highest BCUT2D eigenvalue weighted by Gasteiger charge is 1.95. The van der Waals surface area contributed by atoms with Crippen molar-refractivity contribution in [2.45, 2.75) is 0 Å². The Bertz CT molecular complexity index is 76.4. The second-order valence-corrected chi connectivity index (χ2v) is 3.20. The van der Waals surface area contributed by atoms with Crippen molar-refractivity contribution in [3.63, 3.8) is 0 Å². The first-order valence-corrected chi connectivity index (χ1v) is 4.43. The third kappa shape index (κ3) is 4.49. The molecule has 0 aromatic rings. The van der Waals surface area contributed by atoms with Gasteiger partial charge in [-0.25, -0.2) is 0 Å². The van der Waals surface area contributed by atoms with Crippen LogP contribution in [-0.4, -0.2) is 23.0 Å². The zero-order valence-electron chi connectivity index (χ0n) is 4.72. The Morgan fingerprint density at radius 2 is 2.38 bits per heavy atom. The third-order valence-electron chi connectivity index (χ3n) is 0.504. The van der Waals surface area contributed by atoms with Gasteiger partial charge in [0.2, 0.25) is 4.45 Å². The maximum absolute atomic E-state index is 10.4. The van der Waals surface area contributed by atoms with Crippen LogP contribution in [0.25, 0.3) is 0 Å². The maximum atomic E-state index is 10.4. The first kappa shape index (κ1) is 8.33. The molecule has 0 amide bonds. The molecule has 0 aromatic carbocycles. The van der Waals surface area contributed by atoms with E-state index in [0.29, 0.717) is 6.54 Å². The molecule has 0 aromatic heterocycles. The summed E-state index contributed by atoms with van der Waals surface area (Å²) in [7, 11) is 0. The van der Waals surface area contributed by atoms with Crippen molar-refractivity contribution in [3.05, 3.63) is 0 Å². The van der Waals surface area contributed by atoms with E-state index in [0.717, 1.165) is 5.75 Å². The molecule has 8 heavy (non-hydrogen) atoms. The van der Waals surface area contributed by atoms with E-state index in [1.54, 1.807) is 6.26 Å². The SMILES string of the molecule is CSC(=O)SCCN. The van der Waals surface area contributed by atoms with Gasteiger partial charge < -0.3 is 5.73 Å². The molecule has 0 saturated carbocycles. The molecule has 0 heterocycles. The van der Waals surface area contributed by atoms with Crippen molar-refractivity contribution in [1.29, 1.82) is 0 Å². The molecule has 0 unspecified atom stereocenters. The Kier molecular flexibility index (Phi) is 5.69. The zero-order chi connectivity index (χ0) is 6.41. The van der Waals surface area contributed by atoms with E-state index in [4.69, 9.17) is 5.73 Å². The summed E-state index contributed by atoms with van der Waals surface area (Å²) in [5.74, 6) is 0.736. The quantitative estimate of drug-likeness (QED) is 0.643. The van der Waals surface area contributed by atoms with Crippen molar-refractivity contribution >= 4 is 28.0 Å². The molecule has 2 N–H and O–H groups in total. The summed E-state index contributed by atoms with van der Waals surface area (Å²) in [6, 6.07) is 0. The van der Waals surface area contributed by atoms with Crippen LogP contribution in [0.5, 0.6) is 0 Å². The molecule has 0 rings (SSSR count). The van der Waals surface area contributed by atoms with Crippen LogP contribution in [0.2, 0.25) is 0 Å². The van der Waals surface area contributed by atoms with Crippen molar-refractivity contribution in [2.75, 3.05) is 18.6 Å². The fourth-order valence-electron chi connectivity index (χ4n) is 0.201. The third-order valence-corrected chi connectivity index (χ3v) is 2.37. The van der Waals surface area contributed by atoms with Crippen LogP contribution >= 0.6 is 23.5 Å². The molecular weight excluding hydrogens is 142 g/mol. The normalized spacial score (nSPS) is 9.25. The molecule has 0 spiro atoms. The Morgan fingerprint density at radius 3 is 2.75 bits per heavy atom. The Labute approximate surface area is 57.6 Å². The van der Waals surface area contributed by atoms with Gasteiger partial charge in [0, 0.05) is 12.3 Å². The summed E-state index contributed by atoms with van der Waals surface area (Å²) < 4.78 is 0.149. The van der Waals surface area contributed by atoms with Gasteiger partial charge >= 0.3 is 0 Å². The molecule has 0 aliphatic heterocycles. The smallest absolute Gasteiger partial charge is 0.245 e. The van der Waals surface area contributed by atoms with Crippen molar-refractivity contribution in [2.24, 2.45) is 5.73 Å². The minimum absolute atomic E-state index is 0.149. The predicted molar refractivity (Wildman–Crippen MR) is 40.4 cm³/mol. The van der Waals surface area contributed by atoms with Gasteiger partial charge in [-0.2, -0.15) is 0 Å². The fourth-order valence-corrected chi connectivity index (χ4v) is 1.21. The van der Waals surface area contributed by atoms with Gasteiger partial charge in [0.25, 0.3) is 0 Å². The molecule has 4 heteroatoms. The summed E-state index contributed by atoms with van der Waals surface area (Å²) in [6.45, 7) is 0.580. The largest absolute Gasteiger partial charge is 0.330 e. The number of rotatable bonds is 2. The monoisotopic (exact) mass is 151 g/mol. The second kappa shape index (κ2) is 5.47. The van der Waals surface area contributed by atoms with Crippen LogP contribution in [0, 0.1) is 0 Å². The summed E-state index contributed by atoms with van der Waals surface area (Å²) in [4.78, 5) is 10.4. The van der Waals surface area contributed by atoms with Crippen LogP contribution in [0.4, 0.5) is 4.79 Å². The molecular formula is C4H9NOS2. The highest BCUT2D eigenvalue weighted by Crippen LogP contribution is 2.11. The van der Waals surface area contributed by atoms with Crippen molar-refractivity contribution in [3.8, 4) is 0 Å². The van der Waals surface area contributed by atoms with Crippen molar-refractivity contribution in [1.82, 2.24) is 0 Å². The first-order valence-electron chi connectivity index (χ1n) is 2.22. The highest BCUT2D eigenvalue weighted by atomic mass is 32.2. The van der Waals surface area contributed by atoms with Gasteiger partial charge in [-0.3, -0.25) is 4.79 Å². The number of carbonyl (C=O) groups excluding carboxylic acids is 1. The van der Waals surface area contributed by atoms with E-state index in [9.17, 15) is 4.79 Å². The number of carbonyl (C=O) groups is 1. The van der Waals surface area contributed by atoms with Crippen LogP contribution in [-0.2, 0) is 0 Å². The maximum Gasteiger partial charge on any atom is 0.245 e. The van der Waals surface area contributed by atoms with E-state index < -0.39 is 0 Å². The topological polar surface area (TPSA) is 43.1 Å². The lowest BCUT2D eigenvalue weighted by atomic mass is 10.8. The van der Waals surface area contributed by atoms with Gasteiger partial charge in [-0.1, -0.05) is 23.5 Å². The van der Waals surface area contributed by atoms with E-state index in [-0.39, 0.29) is 4.45 Å². The molecule has 0 radical (unpaired) electrons. The zero-order valence-corrected chi connectivity index (χ0v) is 6.35. The van der Waals surface area contributed by atoms with Crippen LogP contribution in [0.1, 0.15) is 0 Å². The summed E-state index contributed by atoms with van der Waals surface area (Å²) in [5, 5.41) is 0. The molecule has 0 fully saturated rings. The predicted octanol–water partition coefficient (Wildman–Crippen LogP) is 1.16. The lowest BCUT2D eigenvalue weighted by Crippen LogP contribution is -2.02. The number of thioether (sulfide) groups is 2. The summed E-state index contributed by atoms with van der Waals surface area (Å²) in [5.41, 5.74) is 5.15. The molecule has 48 valence electrons. The van der Waals surface area contributed by atoms with Gasteiger partial charge in [0.15, 0.2) is 0 Å². The molecule has 0 atom stereocenters. The van der Waals surface area contributed by atoms with E-state index in [2.05, 4.69) is 0 Å². The summed E-state index contributed by atoms with van der Waals surface area (Å²) in [6.07, 6.45) is 1.77. The molecule has 2 nitrogen and oxygen atoms in total. The van der Waals surface area contributed by atoms with E-state index in [1.165, 1.54) is 23.5 Å². The Morgan fingerprint density at radius 1 is 1.75 bits per heavy atom. The standard InChI is InChI=1S/C4H9NOS2/c1-7-4(6)8-3-2-5/h2-3,5H2,1H3. The van der Waals surface area contributed by atoms with Gasteiger partial charge in [-0.15, -0.1) is 0 Å².